The average Bonchev–Trinajstić information content (AvgIpc) is 2.14. The number of nitrogens with one attached hydrogen (secondary N) is 1. The quantitative estimate of drug-likeness (QED) is 0.529. The monoisotopic (exact) mass is 201 g/mol. The molecular formula is C9H15NO4. The van der Waals surface area contributed by atoms with E-state index in [4.69, 9.17) is 4.74 Å². The van der Waals surface area contributed by atoms with Gasteiger partial charge in [-0.25, -0.2) is 9.59 Å². The molecule has 0 aromatic carbocycles. The van der Waals surface area contributed by atoms with Gasteiger partial charge in [0.15, 0.2) is 0 Å². The zero-order valence-electron chi connectivity index (χ0n) is 8.41. The molecule has 0 saturated heterocycles. The number of carbonyl (C=O) groups excluding carboxylic acids is 2. The highest BCUT2D eigenvalue weighted by Gasteiger charge is 2.09. The summed E-state index contributed by atoms with van der Waals surface area (Å²) in [7, 11) is 0. The molecule has 0 spiro atoms. The number of amides is 1. The number of alkyl carbamates (subject to hydrolysis) is 1. The van der Waals surface area contributed by atoms with Gasteiger partial charge in [0, 0.05) is 12.6 Å². The van der Waals surface area contributed by atoms with Crippen molar-refractivity contribution >= 4 is 12.1 Å². The van der Waals surface area contributed by atoms with Crippen molar-refractivity contribution in [3.8, 4) is 0 Å². The van der Waals surface area contributed by atoms with Gasteiger partial charge in [-0.15, -0.1) is 0 Å². The van der Waals surface area contributed by atoms with Crippen molar-refractivity contribution in [2.24, 2.45) is 0 Å². The highest BCUT2D eigenvalue weighted by Crippen LogP contribution is 1.93. The minimum atomic E-state index is -0.531. The van der Waals surface area contributed by atoms with Gasteiger partial charge in [0.1, 0.15) is 12.7 Å². The maximum absolute atomic E-state index is 10.9. The summed E-state index contributed by atoms with van der Waals surface area (Å²) in [6, 6.07) is 0. The summed E-state index contributed by atoms with van der Waals surface area (Å²) in [6.45, 7) is 7.17. The van der Waals surface area contributed by atoms with E-state index < -0.39 is 18.2 Å². The first-order chi connectivity index (χ1) is 6.60. The van der Waals surface area contributed by atoms with E-state index in [1.165, 1.54) is 0 Å². The van der Waals surface area contributed by atoms with Crippen LogP contribution in [0, 0.1) is 0 Å². The second-order valence-electron chi connectivity index (χ2n) is 2.58. The van der Waals surface area contributed by atoms with E-state index >= 15 is 0 Å². The minimum absolute atomic E-state index is 0.0297. The highest BCUT2D eigenvalue weighted by molar-refractivity contribution is 5.81. The fourth-order valence-corrected chi connectivity index (χ4v) is 0.661. The summed E-state index contributed by atoms with van der Waals surface area (Å²) >= 11 is 0. The number of hydrogen-bond donors (Lipinski definition) is 1. The first kappa shape index (κ1) is 12.5. The Morgan fingerprint density at radius 2 is 2.21 bits per heavy atom. The van der Waals surface area contributed by atoms with Gasteiger partial charge in [-0.1, -0.05) is 6.58 Å². The van der Waals surface area contributed by atoms with E-state index in [2.05, 4.69) is 16.6 Å². The maximum Gasteiger partial charge on any atom is 0.407 e. The molecule has 1 atom stereocenters. The lowest BCUT2D eigenvalue weighted by molar-refractivity contribution is -0.140. The van der Waals surface area contributed by atoms with Gasteiger partial charge in [0.25, 0.3) is 0 Å². The van der Waals surface area contributed by atoms with Crippen molar-refractivity contribution in [2.45, 2.75) is 20.0 Å². The molecule has 1 unspecified atom stereocenters. The van der Waals surface area contributed by atoms with E-state index in [-0.39, 0.29) is 6.61 Å². The van der Waals surface area contributed by atoms with E-state index in [1.807, 2.05) is 0 Å². The van der Waals surface area contributed by atoms with Gasteiger partial charge in [-0.05, 0) is 13.8 Å². The van der Waals surface area contributed by atoms with Gasteiger partial charge in [-0.3, -0.25) is 0 Å². The summed E-state index contributed by atoms with van der Waals surface area (Å²) in [5.74, 6) is -0.531. The number of esters is 1. The lowest BCUT2D eigenvalue weighted by atomic mass is 10.4. The molecule has 0 heterocycles. The molecule has 0 fully saturated rings. The third-order valence-corrected chi connectivity index (χ3v) is 1.26. The first-order valence-corrected chi connectivity index (χ1v) is 4.33. The van der Waals surface area contributed by atoms with Crippen molar-refractivity contribution in [1.82, 2.24) is 5.32 Å². The topological polar surface area (TPSA) is 64.6 Å². The lowest BCUT2D eigenvalue weighted by Gasteiger charge is -2.12. The maximum atomic E-state index is 10.9. The van der Waals surface area contributed by atoms with E-state index in [0.29, 0.717) is 6.54 Å². The molecule has 0 saturated carbocycles. The molecule has 1 N–H and O–H groups in total. The molecule has 0 rings (SSSR count). The molecule has 1 amide bonds. The highest BCUT2D eigenvalue weighted by atomic mass is 16.6. The number of hydrogen-bond acceptors (Lipinski definition) is 4. The van der Waals surface area contributed by atoms with Gasteiger partial charge >= 0.3 is 12.1 Å². The van der Waals surface area contributed by atoms with E-state index in [9.17, 15) is 9.59 Å². The van der Waals surface area contributed by atoms with Crippen LogP contribution in [0.2, 0.25) is 0 Å². The Morgan fingerprint density at radius 3 is 2.71 bits per heavy atom. The normalized spacial score (nSPS) is 11.3. The molecule has 5 heteroatoms. The van der Waals surface area contributed by atoms with Crippen LogP contribution in [0.5, 0.6) is 0 Å². The molecule has 0 aromatic heterocycles. The number of carbonyl (C=O) groups is 2. The van der Waals surface area contributed by atoms with Gasteiger partial charge in [0.05, 0.1) is 0 Å². The van der Waals surface area contributed by atoms with Crippen molar-refractivity contribution in [3.05, 3.63) is 12.7 Å². The standard InChI is InChI=1S/C9H15NO4/c1-4-8(11)13-6-7(3)14-9(12)10-5-2/h4,7H,1,5-6H2,2-3H3,(H,10,12). The predicted molar refractivity (Wildman–Crippen MR) is 50.8 cm³/mol. The Balaban J connectivity index is 3.64. The van der Waals surface area contributed by atoms with Crippen LogP contribution in [-0.4, -0.2) is 31.3 Å². The Labute approximate surface area is 83.1 Å². The molecule has 80 valence electrons. The molecular weight excluding hydrogens is 186 g/mol. The predicted octanol–water partition coefficient (Wildman–Crippen LogP) is 0.850. The van der Waals surface area contributed by atoms with Crippen molar-refractivity contribution < 1.29 is 19.1 Å². The Bertz CT molecular complexity index is 215. The van der Waals surface area contributed by atoms with Crippen LogP contribution in [-0.2, 0) is 14.3 Å². The third-order valence-electron chi connectivity index (χ3n) is 1.26. The van der Waals surface area contributed by atoms with Crippen LogP contribution in [0.3, 0.4) is 0 Å². The summed E-state index contributed by atoms with van der Waals surface area (Å²) in [5.41, 5.74) is 0. The zero-order valence-corrected chi connectivity index (χ0v) is 8.41. The van der Waals surface area contributed by atoms with Crippen molar-refractivity contribution in [2.75, 3.05) is 13.2 Å². The van der Waals surface area contributed by atoms with Crippen LogP contribution in [0.4, 0.5) is 4.79 Å². The van der Waals surface area contributed by atoms with Crippen LogP contribution in [0.25, 0.3) is 0 Å². The Hall–Kier alpha value is -1.52. The SMILES string of the molecule is C=CC(=O)OCC(C)OC(=O)NCC. The smallest absolute Gasteiger partial charge is 0.407 e. The van der Waals surface area contributed by atoms with Crippen molar-refractivity contribution in [3.63, 3.8) is 0 Å². The summed E-state index contributed by atoms with van der Waals surface area (Å²) < 4.78 is 9.49. The van der Waals surface area contributed by atoms with Crippen molar-refractivity contribution in [1.29, 1.82) is 0 Å². The lowest BCUT2D eigenvalue weighted by Crippen LogP contribution is -2.30. The molecule has 0 aliphatic heterocycles. The van der Waals surface area contributed by atoms with Gasteiger partial charge in [0.2, 0.25) is 0 Å². The minimum Gasteiger partial charge on any atom is -0.459 e. The zero-order chi connectivity index (χ0) is 11.0. The second-order valence-corrected chi connectivity index (χ2v) is 2.58. The molecule has 0 radical (unpaired) electrons. The Morgan fingerprint density at radius 1 is 1.57 bits per heavy atom. The Kier molecular flexibility index (Phi) is 6.19. The first-order valence-electron chi connectivity index (χ1n) is 4.33. The van der Waals surface area contributed by atoms with E-state index in [1.54, 1.807) is 13.8 Å². The summed E-state index contributed by atoms with van der Waals surface area (Å²) in [6.07, 6.45) is 0.0684. The molecule has 14 heavy (non-hydrogen) atoms. The van der Waals surface area contributed by atoms with E-state index in [0.717, 1.165) is 6.08 Å². The second kappa shape index (κ2) is 6.94. The van der Waals surface area contributed by atoms with Crippen LogP contribution in [0.1, 0.15) is 13.8 Å². The van der Waals surface area contributed by atoms with Crippen LogP contribution >= 0.6 is 0 Å². The van der Waals surface area contributed by atoms with Crippen LogP contribution < -0.4 is 5.32 Å². The fraction of sp³-hybridized carbons (Fsp3) is 0.556. The van der Waals surface area contributed by atoms with Gasteiger partial charge in [-0.2, -0.15) is 0 Å². The number of ether oxygens (including phenoxy) is 2. The van der Waals surface area contributed by atoms with Crippen LogP contribution in [0.15, 0.2) is 12.7 Å². The fourth-order valence-electron chi connectivity index (χ4n) is 0.661. The average molecular weight is 201 g/mol. The third kappa shape index (κ3) is 6.05. The molecule has 0 bridgehead atoms. The molecule has 0 aliphatic rings. The molecule has 0 aliphatic carbocycles. The largest absolute Gasteiger partial charge is 0.459 e. The van der Waals surface area contributed by atoms with Gasteiger partial charge < -0.3 is 14.8 Å². The summed E-state index contributed by atoms with van der Waals surface area (Å²) in [5, 5.41) is 2.46. The molecule has 0 aromatic rings. The number of rotatable bonds is 5. The molecule has 5 nitrogen and oxygen atoms in total. The summed E-state index contributed by atoms with van der Waals surface area (Å²) in [4.78, 5) is 21.5.